The highest BCUT2D eigenvalue weighted by Gasteiger charge is 2.34. The van der Waals surface area contributed by atoms with E-state index in [9.17, 15) is 4.79 Å². The molecule has 28 heavy (non-hydrogen) atoms. The molecule has 1 saturated heterocycles. The topological polar surface area (TPSA) is 45.1 Å². The molecule has 0 atom stereocenters. The highest BCUT2D eigenvalue weighted by atomic mass is 16.5. The molecule has 1 aliphatic carbocycles. The molecule has 1 saturated carbocycles. The molecule has 5 heteroatoms. The second-order valence-corrected chi connectivity index (χ2v) is 7.15. The van der Waals surface area contributed by atoms with Gasteiger partial charge in [-0.05, 0) is 58.3 Å². The summed E-state index contributed by atoms with van der Waals surface area (Å²) in [5.41, 5.74) is 1.86. The highest BCUT2D eigenvalue weighted by molar-refractivity contribution is 6.09. The molecule has 0 aromatic carbocycles. The van der Waals surface area contributed by atoms with Gasteiger partial charge in [0.25, 0.3) is 5.91 Å². The Kier molecular flexibility index (Phi) is 8.55. The molecule has 2 rings (SSSR count). The lowest BCUT2D eigenvalue weighted by Gasteiger charge is -2.20. The average molecular weight is 386 g/mol. The van der Waals surface area contributed by atoms with Crippen molar-refractivity contribution in [3.05, 3.63) is 47.9 Å². The fraction of sp³-hybridized carbons (Fsp3) is 0.565. The molecule has 0 spiro atoms. The van der Waals surface area contributed by atoms with Gasteiger partial charge >= 0.3 is 6.02 Å². The number of amidine groups is 1. The minimum Gasteiger partial charge on any atom is -0.420 e. The highest BCUT2D eigenvalue weighted by Crippen LogP contribution is 2.24. The summed E-state index contributed by atoms with van der Waals surface area (Å²) in [5.74, 6) is 0.218. The second-order valence-electron chi connectivity index (χ2n) is 7.15. The summed E-state index contributed by atoms with van der Waals surface area (Å²) in [4.78, 5) is 21.3. The van der Waals surface area contributed by atoms with Gasteiger partial charge in [0.05, 0.1) is 6.04 Å². The first kappa shape index (κ1) is 22.0. The van der Waals surface area contributed by atoms with Crippen LogP contribution in [-0.4, -0.2) is 47.4 Å². The van der Waals surface area contributed by atoms with E-state index in [1.165, 1.54) is 19.3 Å². The van der Waals surface area contributed by atoms with Gasteiger partial charge in [0.15, 0.2) is 5.76 Å². The number of amides is 1. The van der Waals surface area contributed by atoms with E-state index in [2.05, 4.69) is 25.3 Å². The van der Waals surface area contributed by atoms with Gasteiger partial charge in [-0.25, -0.2) is 4.99 Å². The predicted molar refractivity (Wildman–Crippen MR) is 116 cm³/mol. The second kappa shape index (κ2) is 10.9. The number of likely N-dealkylation sites (N-methyl/N-ethyl adjacent to an activating group) is 2. The van der Waals surface area contributed by atoms with Gasteiger partial charge < -0.3 is 9.64 Å². The Balaban J connectivity index is 2.15. The van der Waals surface area contributed by atoms with Crippen molar-refractivity contribution in [2.75, 3.05) is 19.6 Å². The summed E-state index contributed by atoms with van der Waals surface area (Å²) in [5, 5.41) is 0. The number of aliphatic imine (C=N–C) groups is 1. The maximum atomic E-state index is 12.8. The molecular formula is C23H35N3O2. The third kappa shape index (κ3) is 5.60. The standard InChI is InChI=1S/C23H35N3O2/c1-6-19(16-15-18(5)25(7-2)8-3)17-21-22(27)26(9-4)23(28-21)24-20-13-11-10-12-14-20/h6,15-17,20H,5,7-14H2,1-4H3/b16-15-,19-6+,21-17+,24-23?. The van der Waals surface area contributed by atoms with E-state index in [-0.39, 0.29) is 11.9 Å². The summed E-state index contributed by atoms with van der Waals surface area (Å²) in [6.45, 7) is 14.6. The molecule has 0 aromatic rings. The number of carbonyl (C=O) groups is 1. The van der Waals surface area contributed by atoms with Crippen molar-refractivity contribution in [1.29, 1.82) is 0 Å². The number of rotatable bonds is 8. The number of ether oxygens (including phenoxy) is 1. The smallest absolute Gasteiger partial charge is 0.300 e. The third-order valence-corrected chi connectivity index (χ3v) is 5.34. The Morgan fingerprint density at radius 3 is 2.46 bits per heavy atom. The zero-order valence-corrected chi connectivity index (χ0v) is 17.9. The Morgan fingerprint density at radius 2 is 1.89 bits per heavy atom. The summed E-state index contributed by atoms with van der Waals surface area (Å²) in [6, 6.07) is 0.723. The van der Waals surface area contributed by atoms with Gasteiger partial charge in [-0.1, -0.05) is 38.0 Å². The van der Waals surface area contributed by atoms with Crippen LogP contribution in [0.25, 0.3) is 0 Å². The van der Waals surface area contributed by atoms with Gasteiger partial charge in [-0.3, -0.25) is 9.69 Å². The van der Waals surface area contributed by atoms with Crippen LogP contribution in [0.2, 0.25) is 0 Å². The van der Waals surface area contributed by atoms with Gasteiger partial charge in [0, 0.05) is 25.3 Å². The van der Waals surface area contributed by atoms with Crippen molar-refractivity contribution < 1.29 is 9.53 Å². The number of hydrogen-bond acceptors (Lipinski definition) is 4. The first-order chi connectivity index (χ1) is 13.5. The van der Waals surface area contributed by atoms with Crippen LogP contribution >= 0.6 is 0 Å². The molecule has 0 unspecified atom stereocenters. The van der Waals surface area contributed by atoms with Crippen LogP contribution in [0.5, 0.6) is 0 Å². The predicted octanol–water partition coefficient (Wildman–Crippen LogP) is 4.80. The lowest BCUT2D eigenvalue weighted by Crippen LogP contribution is -2.30. The number of allylic oxidation sites excluding steroid dienone is 5. The molecule has 0 N–H and O–H groups in total. The Bertz CT molecular complexity index is 678. The van der Waals surface area contributed by atoms with E-state index in [0.29, 0.717) is 18.3 Å². The summed E-state index contributed by atoms with van der Waals surface area (Å²) < 4.78 is 5.89. The van der Waals surface area contributed by atoms with Gasteiger partial charge in [-0.2, -0.15) is 0 Å². The molecule has 0 aromatic heterocycles. The Hall–Kier alpha value is -2.30. The summed E-state index contributed by atoms with van der Waals surface area (Å²) in [6.07, 6.45) is 13.5. The van der Waals surface area contributed by atoms with E-state index >= 15 is 0 Å². The van der Waals surface area contributed by atoms with E-state index in [1.54, 1.807) is 11.0 Å². The van der Waals surface area contributed by atoms with Gasteiger partial charge in [0.1, 0.15) is 0 Å². The molecule has 1 amide bonds. The largest absolute Gasteiger partial charge is 0.420 e. The maximum Gasteiger partial charge on any atom is 0.300 e. The lowest BCUT2D eigenvalue weighted by atomic mass is 9.96. The van der Waals surface area contributed by atoms with Crippen molar-refractivity contribution in [3.8, 4) is 0 Å². The maximum absolute atomic E-state index is 12.8. The van der Waals surface area contributed by atoms with Crippen LogP contribution in [0, 0.1) is 0 Å². The van der Waals surface area contributed by atoms with E-state index in [1.807, 2.05) is 32.1 Å². The minimum absolute atomic E-state index is 0.118. The molecular weight excluding hydrogens is 350 g/mol. The SMILES string of the molecule is C=C(\C=C/C(=C\C)/C=C1/OC(=NC2CCCCC2)N(CC)C1=O)N(CC)CC. The summed E-state index contributed by atoms with van der Waals surface area (Å²) >= 11 is 0. The third-order valence-electron chi connectivity index (χ3n) is 5.34. The summed E-state index contributed by atoms with van der Waals surface area (Å²) in [7, 11) is 0. The average Bonchev–Trinajstić information content (AvgIpc) is 3.00. The first-order valence-electron chi connectivity index (χ1n) is 10.6. The molecule has 1 heterocycles. The number of hydrogen-bond donors (Lipinski definition) is 0. The number of nitrogens with zero attached hydrogens (tertiary/aromatic N) is 3. The van der Waals surface area contributed by atoms with Crippen molar-refractivity contribution >= 4 is 11.9 Å². The van der Waals surface area contributed by atoms with Crippen LogP contribution in [0.15, 0.2) is 52.9 Å². The Labute approximate surface area is 170 Å². The lowest BCUT2D eigenvalue weighted by molar-refractivity contribution is -0.122. The molecule has 0 radical (unpaired) electrons. The molecule has 154 valence electrons. The van der Waals surface area contributed by atoms with Crippen molar-refractivity contribution in [3.63, 3.8) is 0 Å². The fourth-order valence-electron chi connectivity index (χ4n) is 3.56. The van der Waals surface area contributed by atoms with E-state index in [4.69, 9.17) is 9.73 Å². The van der Waals surface area contributed by atoms with Crippen LogP contribution in [0.4, 0.5) is 0 Å². The molecule has 2 fully saturated rings. The molecule has 1 aliphatic heterocycles. The van der Waals surface area contributed by atoms with Crippen LogP contribution in [0.3, 0.4) is 0 Å². The van der Waals surface area contributed by atoms with Crippen LogP contribution < -0.4 is 0 Å². The number of carbonyl (C=O) groups excluding carboxylic acids is 1. The van der Waals surface area contributed by atoms with Crippen molar-refractivity contribution in [2.24, 2.45) is 4.99 Å². The zero-order chi connectivity index (χ0) is 20.5. The first-order valence-corrected chi connectivity index (χ1v) is 10.6. The quantitative estimate of drug-likeness (QED) is 0.445. The van der Waals surface area contributed by atoms with E-state index < -0.39 is 0 Å². The molecule has 0 bridgehead atoms. The monoisotopic (exact) mass is 385 g/mol. The Morgan fingerprint density at radius 1 is 1.21 bits per heavy atom. The van der Waals surface area contributed by atoms with Crippen molar-refractivity contribution in [1.82, 2.24) is 9.80 Å². The molecule has 2 aliphatic rings. The van der Waals surface area contributed by atoms with E-state index in [0.717, 1.165) is 37.2 Å². The minimum atomic E-state index is -0.118. The van der Waals surface area contributed by atoms with Crippen LogP contribution in [-0.2, 0) is 9.53 Å². The van der Waals surface area contributed by atoms with Crippen LogP contribution in [0.1, 0.15) is 59.8 Å². The van der Waals surface area contributed by atoms with Crippen molar-refractivity contribution in [2.45, 2.75) is 65.8 Å². The fourth-order valence-corrected chi connectivity index (χ4v) is 3.56. The molecule has 5 nitrogen and oxygen atoms in total. The van der Waals surface area contributed by atoms with Gasteiger partial charge in [-0.15, -0.1) is 0 Å². The normalized spacial score (nSPS) is 21.8. The van der Waals surface area contributed by atoms with Gasteiger partial charge in [0.2, 0.25) is 0 Å². The zero-order valence-electron chi connectivity index (χ0n) is 17.9.